The maximum atomic E-state index is 12.8. The van der Waals surface area contributed by atoms with E-state index in [0.29, 0.717) is 6.42 Å². The van der Waals surface area contributed by atoms with Crippen LogP contribution in [0, 0.1) is 0 Å². The lowest BCUT2D eigenvalue weighted by Crippen LogP contribution is -2.59. The number of aliphatic hydroxyl groups is 4. The van der Waals surface area contributed by atoms with Gasteiger partial charge in [-0.2, -0.15) is 0 Å². The van der Waals surface area contributed by atoms with Crippen molar-refractivity contribution in [2.45, 2.75) is 230 Å². The van der Waals surface area contributed by atoms with Crippen LogP contribution in [-0.2, 0) is 28.5 Å². The van der Waals surface area contributed by atoms with Crippen molar-refractivity contribution in [3.63, 3.8) is 0 Å². The molecular weight excluding hydrogens is 749 g/mol. The first kappa shape index (κ1) is 54.7. The molecule has 6 atom stereocenters. The fourth-order valence-corrected chi connectivity index (χ4v) is 7.00. The van der Waals surface area contributed by atoms with Gasteiger partial charge in [-0.3, -0.25) is 9.59 Å². The summed E-state index contributed by atoms with van der Waals surface area (Å²) in [6, 6.07) is 0. The molecule has 0 aliphatic carbocycles. The summed E-state index contributed by atoms with van der Waals surface area (Å²) in [6.45, 7) is 3.28. The number of ether oxygens (including phenoxy) is 4. The van der Waals surface area contributed by atoms with E-state index >= 15 is 0 Å². The Labute approximate surface area is 358 Å². The Morgan fingerprint density at radius 3 is 1.51 bits per heavy atom. The number of allylic oxidation sites excluding steroid dienone is 8. The Kier molecular flexibility index (Phi) is 36.9. The van der Waals surface area contributed by atoms with Crippen molar-refractivity contribution in [3.05, 3.63) is 48.6 Å². The van der Waals surface area contributed by atoms with Crippen LogP contribution in [0.5, 0.6) is 0 Å². The second-order valence-electron chi connectivity index (χ2n) is 16.2. The Balaban J connectivity index is 2.31. The fraction of sp³-hybridized carbons (Fsp3) is 0.796. The van der Waals surface area contributed by atoms with Crippen LogP contribution < -0.4 is 0 Å². The molecule has 10 heteroatoms. The van der Waals surface area contributed by atoms with Gasteiger partial charge in [-0.05, 0) is 51.4 Å². The van der Waals surface area contributed by atoms with E-state index in [-0.39, 0.29) is 32.0 Å². The summed E-state index contributed by atoms with van der Waals surface area (Å²) in [5.74, 6) is -0.851. The minimum atomic E-state index is -1.60. The summed E-state index contributed by atoms with van der Waals surface area (Å²) in [7, 11) is 0. The van der Waals surface area contributed by atoms with Crippen molar-refractivity contribution in [1.29, 1.82) is 0 Å². The van der Waals surface area contributed by atoms with Gasteiger partial charge in [-0.25, -0.2) is 0 Å². The highest BCUT2D eigenvalue weighted by Crippen LogP contribution is 2.23. The highest BCUT2D eigenvalue weighted by atomic mass is 16.7. The molecule has 1 rings (SSSR count). The highest BCUT2D eigenvalue weighted by Gasteiger charge is 2.44. The van der Waals surface area contributed by atoms with Gasteiger partial charge in [0.25, 0.3) is 0 Å². The van der Waals surface area contributed by atoms with Gasteiger partial charge in [0.05, 0.1) is 13.2 Å². The first-order chi connectivity index (χ1) is 28.8. The van der Waals surface area contributed by atoms with Crippen LogP contribution >= 0.6 is 0 Å². The molecule has 4 N–H and O–H groups in total. The summed E-state index contributed by atoms with van der Waals surface area (Å²) >= 11 is 0. The van der Waals surface area contributed by atoms with Crippen LogP contribution in [0.15, 0.2) is 48.6 Å². The van der Waals surface area contributed by atoms with Crippen molar-refractivity contribution in [2.24, 2.45) is 0 Å². The Morgan fingerprint density at radius 1 is 0.542 bits per heavy atom. The smallest absolute Gasteiger partial charge is 0.306 e. The summed E-state index contributed by atoms with van der Waals surface area (Å²) in [5, 5.41) is 40.1. The third kappa shape index (κ3) is 31.2. The van der Waals surface area contributed by atoms with E-state index in [1.807, 2.05) is 0 Å². The molecule has 0 amide bonds. The fourth-order valence-electron chi connectivity index (χ4n) is 7.00. The monoisotopic (exact) mass is 835 g/mol. The van der Waals surface area contributed by atoms with Crippen LogP contribution in [0.1, 0.15) is 194 Å². The molecule has 59 heavy (non-hydrogen) atoms. The van der Waals surface area contributed by atoms with E-state index in [2.05, 4.69) is 62.5 Å². The predicted octanol–water partition coefficient (Wildman–Crippen LogP) is 10.4. The minimum Gasteiger partial charge on any atom is -0.462 e. The molecule has 1 fully saturated rings. The number of aliphatic hydroxyl groups excluding tert-OH is 4. The zero-order valence-electron chi connectivity index (χ0n) is 37.2. The lowest BCUT2D eigenvalue weighted by molar-refractivity contribution is -0.305. The van der Waals surface area contributed by atoms with Crippen molar-refractivity contribution in [2.75, 3.05) is 19.8 Å². The van der Waals surface area contributed by atoms with Gasteiger partial charge >= 0.3 is 11.9 Å². The molecule has 1 heterocycles. The molecule has 0 bridgehead atoms. The van der Waals surface area contributed by atoms with E-state index in [0.717, 1.165) is 57.8 Å². The Morgan fingerprint density at radius 2 is 1.00 bits per heavy atom. The third-order valence-electron chi connectivity index (χ3n) is 10.7. The van der Waals surface area contributed by atoms with E-state index in [4.69, 9.17) is 18.9 Å². The van der Waals surface area contributed by atoms with Gasteiger partial charge in [0.15, 0.2) is 12.4 Å². The zero-order chi connectivity index (χ0) is 43.0. The number of unbranched alkanes of at least 4 members (excludes halogenated alkanes) is 20. The van der Waals surface area contributed by atoms with Crippen molar-refractivity contribution < 1.29 is 49.0 Å². The number of hydrogen-bond acceptors (Lipinski definition) is 10. The Bertz CT molecular complexity index is 1100. The molecule has 1 aliphatic rings. The van der Waals surface area contributed by atoms with E-state index in [9.17, 15) is 30.0 Å². The number of carbonyl (C=O) groups excluding carboxylic acids is 2. The largest absolute Gasteiger partial charge is 0.462 e. The molecule has 0 radical (unpaired) electrons. The van der Waals surface area contributed by atoms with Gasteiger partial charge in [-0.15, -0.1) is 0 Å². The summed E-state index contributed by atoms with van der Waals surface area (Å²) in [4.78, 5) is 25.4. The second-order valence-corrected chi connectivity index (χ2v) is 16.2. The lowest BCUT2D eigenvalue weighted by atomic mass is 9.99. The maximum absolute atomic E-state index is 12.8. The quantitative estimate of drug-likeness (QED) is 0.0267. The van der Waals surface area contributed by atoms with Gasteiger partial charge in [0.1, 0.15) is 31.0 Å². The topological polar surface area (TPSA) is 152 Å². The molecule has 0 aromatic carbocycles. The average Bonchev–Trinajstić information content (AvgIpc) is 3.23. The zero-order valence-corrected chi connectivity index (χ0v) is 37.2. The van der Waals surface area contributed by atoms with Crippen LogP contribution in [0.2, 0.25) is 0 Å². The minimum absolute atomic E-state index is 0.178. The van der Waals surface area contributed by atoms with Gasteiger partial charge < -0.3 is 39.4 Å². The Hall–Kier alpha value is -2.34. The molecule has 1 saturated heterocycles. The van der Waals surface area contributed by atoms with Crippen molar-refractivity contribution >= 4 is 11.9 Å². The van der Waals surface area contributed by atoms with Crippen LogP contribution in [0.25, 0.3) is 0 Å². The third-order valence-corrected chi connectivity index (χ3v) is 10.7. The molecule has 2 unspecified atom stereocenters. The predicted molar refractivity (Wildman–Crippen MR) is 238 cm³/mol. The normalized spacial score (nSPS) is 20.4. The van der Waals surface area contributed by atoms with E-state index < -0.39 is 49.4 Å². The number of carbonyl (C=O) groups is 2. The van der Waals surface area contributed by atoms with Crippen LogP contribution in [0.3, 0.4) is 0 Å². The molecule has 1 aliphatic heterocycles. The first-order valence-corrected chi connectivity index (χ1v) is 23.7. The number of esters is 2. The van der Waals surface area contributed by atoms with Crippen LogP contribution in [0.4, 0.5) is 0 Å². The number of rotatable bonds is 39. The molecular formula is C49H86O10. The van der Waals surface area contributed by atoms with Gasteiger partial charge in [0, 0.05) is 12.8 Å². The van der Waals surface area contributed by atoms with Gasteiger partial charge in [0.2, 0.25) is 0 Å². The van der Waals surface area contributed by atoms with E-state index in [1.54, 1.807) is 0 Å². The van der Waals surface area contributed by atoms with E-state index in [1.165, 1.54) is 103 Å². The van der Waals surface area contributed by atoms with Crippen molar-refractivity contribution in [1.82, 2.24) is 0 Å². The first-order valence-electron chi connectivity index (χ1n) is 23.7. The SMILES string of the molecule is CC/C=C/C/C=C/C/C=C/C/C=C/CCCCC(=O)O[C@@H](COC(=O)CCCCCCCCCCCCCCCCCCCCC)CO[C@H]1O[C@@H](CO)[C@@H](O)C(O)C1O. The standard InChI is InChI=1S/C49H86O10/c1-3-5-7-9-11-13-15-17-19-20-21-22-24-25-27-29-31-33-35-37-44(51)56-40-42(41-57-49-48(55)47(54)46(53)43(39-50)59-49)58-45(52)38-36-34-32-30-28-26-23-18-16-14-12-10-8-6-4-2/h6,8,12,14,18,23,28,30,42-43,46-50,53-55H,3-5,7,9-11,13,15-17,19-22,24-27,29,31-41H2,1-2H3/b8-6+,14-12+,23-18+,30-28+/t42-,43-,46+,47?,48?,49-/m0/s1. The molecule has 0 spiro atoms. The molecule has 342 valence electrons. The number of hydrogen-bond donors (Lipinski definition) is 4. The average molecular weight is 835 g/mol. The van der Waals surface area contributed by atoms with Crippen molar-refractivity contribution in [3.8, 4) is 0 Å². The molecule has 10 nitrogen and oxygen atoms in total. The second kappa shape index (κ2) is 39.8. The summed E-state index contributed by atoms with van der Waals surface area (Å²) < 4.78 is 22.1. The molecule has 0 aromatic heterocycles. The summed E-state index contributed by atoms with van der Waals surface area (Å²) in [6.07, 6.45) is 39.8. The van der Waals surface area contributed by atoms with Crippen LogP contribution in [-0.4, -0.2) is 89.0 Å². The highest BCUT2D eigenvalue weighted by molar-refractivity contribution is 5.70. The maximum Gasteiger partial charge on any atom is 0.306 e. The summed E-state index contributed by atoms with van der Waals surface area (Å²) in [5.41, 5.74) is 0. The molecule has 0 saturated carbocycles. The van der Waals surface area contributed by atoms with Gasteiger partial charge in [-0.1, -0.05) is 178 Å². The lowest BCUT2D eigenvalue weighted by Gasteiger charge is -2.39. The molecule has 0 aromatic rings.